The molecule has 0 atom stereocenters. The number of phosphoric acid groups is 1. The van der Waals surface area contributed by atoms with Crippen LogP contribution < -0.4 is 80.9 Å². The fourth-order valence-electron chi connectivity index (χ4n) is 0. The van der Waals surface area contributed by atoms with Crippen LogP contribution in [0.15, 0.2) is 0 Å². The molecule has 0 aliphatic carbocycles. The second-order valence-corrected chi connectivity index (χ2v) is 1.78. The molecule has 0 unspecified atom stereocenters. The predicted molar refractivity (Wildman–Crippen MR) is 26.3 cm³/mol. The zero-order valence-electron chi connectivity index (χ0n) is 7.50. The molecule has 0 rings (SSSR count). The van der Waals surface area contributed by atoms with E-state index in [9.17, 15) is 0 Å². The van der Waals surface area contributed by atoms with E-state index in [0.29, 0.717) is 0 Å². The van der Waals surface area contributed by atoms with Crippen LogP contribution in [0, 0.1) is 0 Å². The summed E-state index contributed by atoms with van der Waals surface area (Å²) >= 11 is 0. The molecule has 0 amide bonds. The van der Waals surface area contributed by atoms with Crippen LogP contribution in [0.3, 0.4) is 0 Å². The Balaban J connectivity index is -0.0000000119. The van der Waals surface area contributed by atoms with Crippen molar-refractivity contribution in [1.29, 1.82) is 0 Å². The first-order chi connectivity index (χ1) is 3.41. The van der Waals surface area contributed by atoms with E-state index in [2.05, 4.69) is 0 Å². The van der Waals surface area contributed by atoms with Crippen LogP contribution in [-0.2, 0) is 9.13 Å². The molecule has 54 valence electrons. The van der Waals surface area contributed by atoms with E-state index in [4.69, 9.17) is 28.7 Å². The van der Waals surface area contributed by atoms with Gasteiger partial charge in [0.05, 0.1) is 0 Å². The summed E-state index contributed by atoms with van der Waals surface area (Å²) in [6.45, 7) is 0. The summed E-state index contributed by atoms with van der Waals surface area (Å²) in [7, 11) is -5.47. The molecule has 0 heterocycles. The average Bonchev–Trinajstić information content (AvgIpc) is 1.27. The van der Waals surface area contributed by atoms with Gasteiger partial charge < -0.3 is 22.4 Å². The molecule has 0 fully saturated rings. The molecule has 4 N–H and O–H groups in total. The zero-order chi connectivity index (χ0) is 7.21. The Kier molecular flexibility index (Phi) is 33.0. The molecule has 6 nitrogen and oxygen atoms in total. The molecule has 10 heteroatoms. The van der Waals surface area contributed by atoms with E-state index >= 15 is 0 Å². The summed E-state index contributed by atoms with van der Waals surface area (Å²) in [6.07, 6.45) is 0. The first-order valence-corrected chi connectivity index (χ1v) is 3.50. The number of hydrogen-bond donors (Lipinski definition) is 4. The molecule has 0 radical (unpaired) electrons. The molecule has 10 heavy (non-hydrogen) atoms. The Hall–Kier alpha value is 2.81. The van der Waals surface area contributed by atoms with E-state index < -0.39 is 16.5 Å². The summed E-state index contributed by atoms with van der Waals surface area (Å²) < 4.78 is 17.3. The zero-order valence-corrected chi connectivity index (χ0v) is 12.4. The SMILES string of the molecule is O=P(O)(O)O.O=PO.[H-].[H-].[K+].[Na+]. The van der Waals surface area contributed by atoms with Crippen molar-refractivity contribution in [1.82, 2.24) is 0 Å². The molecule has 0 bridgehead atoms. The minimum Gasteiger partial charge on any atom is -1.00 e. The van der Waals surface area contributed by atoms with Gasteiger partial charge >= 0.3 is 97.5 Å². The van der Waals surface area contributed by atoms with Crippen molar-refractivity contribution in [2.24, 2.45) is 0 Å². The number of rotatable bonds is 0. The summed E-state index contributed by atoms with van der Waals surface area (Å²) in [5, 5.41) is 0. The van der Waals surface area contributed by atoms with Gasteiger partial charge in [0.1, 0.15) is 0 Å². The average molecular weight is 226 g/mol. The minimum atomic E-state index is -4.64. The standard InChI is InChI=1S/K.Na.H3O4P.HO2P.2H/c;;1-5(2,3)4;1-3-2;;/h;;(H3,1,2,3,4);(H,1,2);;/q2*+1;;;2*-1. The van der Waals surface area contributed by atoms with Gasteiger partial charge in [0.25, 0.3) is 0 Å². The van der Waals surface area contributed by atoms with E-state index in [1.807, 2.05) is 0 Å². The summed E-state index contributed by atoms with van der Waals surface area (Å²) in [5.41, 5.74) is 0. The van der Waals surface area contributed by atoms with Gasteiger partial charge in [-0.05, 0) is 0 Å². The van der Waals surface area contributed by atoms with E-state index in [0.717, 1.165) is 0 Å². The van der Waals surface area contributed by atoms with Gasteiger partial charge in [-0.2, -0.15) is 0 Å². The third kappa shape index (κ3) is 132. The molecule has 0 saturated heterocycles. The number of hydrogen-bond acceptors (Lipinski definition) is 2. The Morgan fingerprint density at radius 2 is 1.30 bits per heavy atom. The minimum absolute atomic E-state index is 0. The topological polar surface area (TPSA) is 115 Å². The van der Waals surface area contributed by atoms with E-state index in [1.165, 1.54) is 0 Å². The Morgan fingerprint density at radius 3 is 1.30 bits per heavy atom. The smallest absolute Gasteiger partial charge is 1.00 e. The molecule has 0 aromatic carbocycles. The van der Waals surface area contributed by atoms with Crippen molar-refractivity contribution in [2.75, 3.05) is 0 Å². The van der Waals surface area contributed by atoms with Crippen molar-refractivity contribution in [3.63, 3.8) is 0 Å². The maximum absolute atomic E-state index is 8.88. The molecule has 0 spiro atoms. The quantitative estimate of drug-likeness (QED) is 0.241. The maximum Gasteiger partial charge on any atom is 1.00 e. The fraction of sp³-hybridized carbons (Fsp3) is 0. The van der Waals surface area contributed by atoms with Crippen molar-refractivity contribution in [2.45, 2.75) is 0 Å². The van der Waals surface area contributed by atoms with Crippen LogP contribution in [-0.4, -0.2) is 19.6 Å². The molecule has 0 aromatic rings. The van der Waals surface area contributed by atoms with Crippen molar-refractivity contribution in [3.8, 4) is 0 Å². The molecular formula is H6KNaO6P2. The maximum atomic E-state index is 8.88. The van der Waals surface area contributed by atoms with Gasteiger partial charge in [0.15, 0.2) is 0 Å². The van der Waals surface area contributed by atoms with Gasteiger partial charge in [-0.15, -0.1) is 0 Å². The molecular weight excluding hydrogens is 220 g/mol. The first-order valence-electron chi connectivity index (χ1n) is 1.17. The van der Waals surface area contributed by atoms with Crippen molar-refractivity contribution < 1.29 is 112 Å². The van der Waals surface area contributed by atoms with Crippen LogP contribution in [0.2, 0.25) is 0 Å². The molecule has 0 aromatic heterocycles. The summed E-state index contributed by atoms with van der Waals surface area (Å²) in [5.74, 6) is 0. The van der Waals surface area contributed by atoms with Gasteiger partial charge in [-0.25, -0.2) is 9.13 Å². The van der Waals surface area contributed by atoms with E-state index in [1.54, 1.807) is 0 Å². The fourth-order valence-corrected chi connectivity index (χ4v) is 0. The van der Waals surface area contributed by atoms with Crippen LogP contribution in [0.25, 0.3) is 0 Å². The van der Waals surface area contributed by atoms with Crippen LogP contribution >= 0.6 is 16.5 Å². The van der Waals surface area contributed by atoms with Gasteiger partial charge in [-0.1, -0.05) is 0 Å². The van der Waals surface area contributed by atoms with Gasteiger partial charge in [0, 0.05) is 0 Å². The Labute approximate surface area is 127 Å². The third-order valence-corrected chi connectivity index (χ3v) is 0. The Morgan fingerprint density at radius 1 is 1.30 bits per heavy atom. The molecule has 0 aliphatic heterocycles. The van der Waals surface area contributed by atoms with Crippen molar-refractivity contribution >= 4 is 16.5 Å². The second-order valence-electron chi connectivity index (χ2n) is 0.595. The first kappa shape index (κ1) is 23.0. The molecule has 0 saturated carbocycles. The normalized spacial score (nSPS) is 8.00. The van der Waals surface area contributed by atoms with Crippen LogP contribution in [0.4, 0.5) is 0 Å². The third-order valence-electron chi connectivity index (χ3n) is 0. The second kappa shape index (κ2) is 14.3. The van der Waals surface area contributed by atoms with E-state index in [-0.39, 0.29) is 83.8 Å². The van der Waals surface area contributed by atoms with Crippen LogP contribution in [0.1, 0.15) is 2.85 Å². The molecule has 0 aliphatic rings. The van der Waals surface area contributed by atoms with Gasteiger partial charge in [0.2, 0.25) is 0 Å². The van der Waals surface area contributed by atoms with Gasteiger partial charge in [-0.3, -0.25) is 0 Å². The van der Waals surface area contributed by atoms with Crippen molar-refractivity contribution in [3.05, 3.63) is 0 Å². The summed E-state index contributed by atoms with van der Waals surface area (Å²) in [6, 6.07) is 0. The summed E-state index contributed by atoms with van der Waals surface area (Å²) in [4.78, 5) is 28.5. The van der Waals surface area contributed by atoms with Crippen LogP contribution in [0.5, 0.6) is 0 Å². The Bertz CT molecular complexity index is 97.5. The largest absolute Gasteiger partial charge is 1.00 e. The monoisotopic (exact) mass is 226 g/mol. The predicted octanol–water partition coefficient (Wildman–Crippen LogP) is -6.51.